The van der Waals surface area contributed by atoms with Gasteiger partial charge in [0.15, 0.2) is 0 Å². The lowest BCUT2D eigenvalue weighted by Gasteiger charge is -2.30. The largest absolute Gasteiger partial charge is 0.481 e. The number of nitrogens with zero attached hydrogens (tertiary/aromatic N) is 2. The van der Waals surface area contributed by atoms with E-state index in [0.29, 0.717) is 41.3 Å². The molecule has 8 atom stereocenters. The van der Waals surface area contributed by atoms with Crippen LogP contribution in [0, 0.1) is 0 Å². The Balaban J connectivity index is 1.31. The fourth-order valence-corrected chi connectivity index (χ4v) is 8.81. The summed E-state index contributed by atoms with van der Waals surface area (Å²) in [4.78, 5) is 138. The van der Waals surface area contributed by atoms with E-state index < -0.39 is 127 Å². The third-order valence-electron chi connectivity index (χ3n) is 12.2. The highest BCUT2D eigenvalue weighted by molar-refractivity contribution is 7.80. The maximum atomic E-state index is 14.3. The van der Waals surface area contributed by atoms with Crippen LogP contribution in [0.4, 0.5) is 0 Å². The number of benzene rings is 2. The van der Waals surface area contributed by atoms with Crippen LogP contribution in [-0.4, -0.2) is 175 Å². The molecule has 23 nitrogen and oxygen atoms in total. The van der Waals surface area contributed by atoms with Gasteiger partial charge in [0.05, 0.1) is 19.2 Å². The van der Waals surface area contributed by atoms with Gasteiger partial charge in [0.25, 0.3) is 0 Å². The Kier molecular flexibility index (Phi) is 20.6. The number of aromatic nitrogens is 1. The van der Waals surface area contributed by atoms with E-state index in [-0.39, 0.29) is 50.3 Å². The van der Waals surface area contributed by atoms with Gasteiger partial charge in [0, 0.05) is 61.0 Å². The number of carboxylic acid groups (broad SMARTS) is 2. The average Bonchev–Trinajstić information content (AvgIpc) is 4.15. The van der Waals surface area contributed by atoms with Crippen molar-refractivity contribution in [3.63, 3.8) is 0 Å². The summed E-state index contributed by atoms with van der Waals surface area (Å²) in [5.74, 6) is -9.24. The molecule has 0 saturated carbocycles. The van der Waals surface area contributed by atoms with Gasteiger partial charge in [0.2, 0.25) is 47.3 Å². The number of nitrogens with two attached hydrogens (primary N) is 1. The molecule has 0 aliphatic carbocycles. The molecule has 1 aromatic heterocycles. The quantitative estimate of drug-likeness (QED) is 0.0394. The number of rotatable bonds is 25. The number of nitrogens with one attached hydrogen (secondary N) is 7. The number of H-pyrrole nitrogens is 1. The summed E-state index contributed by atoms with van der Waals surface area (Å²) < 4.78 is 0. The molecule has 0 bridgehead atoms. The minimum atomic E-state index is -1.69. The van der Waals surface area contributed by atoms with Gasteiger partial charge in [-0.3, -0.25) is 43.2 Å². The second kappa shape index (κ2) is 26.5. The number of hydrogen-bond donors (Lipinski definition) is 13. The Morgan fingerprint density at radius 1 is 0.676 bits per heavy atom. The van der Waals surface area contributed by atoms with E-state index in [1.54, 1.807) is 60.8 Å². The lowest BCUT2D eigenvalue weighted by molar-refractivity contribution is -0.143. The zero-order chi connectivity index (χ0) is 51.8. The SMILES string of the molecule is NC(CS)C(=O)N1CCCC1C(=O)NCC(=O)NC(CCC(=O)O)C(=O)N1CCCC1C(=O)NC(Cc1c[nH]c2ccccc12)C(=O)NC(CO)C(=O)NC(Cc1ccccc1)C(=O)NC(CS)C(=O)O. The van der Waals surface area contributed by atoms with Gasteiger partial charge < -0.3 is 67.7 Å². The molecule has 3 heterocycles. The van der Waals surface area contributed by atoms with Gasteiger partial charge in [-0.25, -0.2) is 4.79 Å². The van der Waals surface area contributed by atoms with Crippen molar-refractivity contribution < 1.29 is 63.3 Å². The third-order valence-corrected chi connectivity index (χ3v) is 12.9. The average molecular weight is 1030 g/mol. The topological polar surface area (TPSA) is 352 Å². The molecule has 8 unspecified atom stereocenters. The van der Waals surface area contributed by atoms with Crippen molar-refractivity contribution in [2.45, 2.75) is 99.7 Å². The molecule has 0 spiro atoms. The molecule has 12 N–H and O–H groups in total. The number of para-hydroxylation sites is 1. The number of hydrogen-bond acceptors (Lipinski definition) is 14. The minimum absolute atomic E-state index is 0.0120. The van der Waals surface area contributed by atoms with Crippen molar-refractivity contribution in [2.75, 3.05) is 37.7 Å². The van der Waals surface area contributed by atoms with Crippen molar-refractivity contribution in [3.8, 4) is 0 Å². The molecule has 2 fully saturated rings. The smallest absolute Gasteiger partial charge is 0.327 e. The molecule has 71 heavy (non-hydrogen) atoms. The molecule has 2 saturated heterocycles. The number of carbonyl (C=O) groups excluding carboxylic acids is 8. The molecular formula is C46H60N10O13S2. The first kappa shape index (κ1) is 55.2. The van der Waals surface area contributed by atoms with Crippen LogP contribution in [0.3, 0.4) is 0 Å². The summed E-state index contributed by atoms with van der Waals surface area (Å²) in [6.45, 7) is -1.31. The van der Waals surface area contributed by atoms with E-state index in [9.17, 15) is 63.3 Å². The van der Waals surface area contributed by atoms with Crippen molar-refractivity contribution in [2.24, 2.45) is 5.73 Å². The van der Waals surface area contributed by atoms with E-state index in [4.69, 9.17) is 5.73 Å². The molecule has 2 aromatic carbocycles. The lowest BCUT2D eigenvalue weighted by Crippen LogP contribution is -2.60. The van der Waals surface area contributed by atoms with Crippen LogP contribution in [0.2, 0.25) is 0 Å². The maximum Gasteiger partial charge on any atom is 0.327 e. The summed E-state index contributed by atoms with van der Waals surface area (Å²) in [5.41, 5.74) is 7.70. The molecule has 2 aliphatic rings. The van der Waals surface area contributed by atoms with Gasteiger partial charge >= 0.3 is 11.9 Å². The van der Waals surface area contributed by atoms with E-state index in [1.807, 2.05) is 0 Å². The number of aliphatic hydroxyl groups is 1. The normalized spacial score (nSPS) is 18.0. The predicted molar refractivity (Wildman–Crippen MR) is 262 cm³/mol. The molecule has 0 radical (unpaired) electrons. The lowest BCUT2D eigenvalue weighted by atomic mass is 10.0. The van der Waals surface area contributed by atoms with Crippen LogP contribution < -0.4 is 37.6 Å². The number of aromatic amines is 1. The predicted octanol–water partition coefficient (Wildman–Crippen LogP) is -2.40. The van der Waals surface area contributed by atoms with Crippen molar-refractivity contribution in [1.29, 1.82) is 0 Å². The van der Waals surface area contributed by atoms with Gasteiger partial charge in [-0.2, -0.15) is 25.3 Å². The summed E-state index contributed by atoms with van der Waals surface area (Å²) in [5, 5.41) is 45.1. The Bertz CT molecular complexity index is 2430. The van der Waals surface area contributed by atoms with Crippen molar-refractivity contribution in [3.05, 3.63) is 71.9 Å². The van der Waals surface area contributed by atoms with Crippen LogP contribution in [0.1, 0.15) is 49.7 Å². The molecule has 3 aromatic rings. The van der Waals surface area contributed by atoms with Crippen LogP contribution in [-0.2, 0) is 60.8 Å². The molecule has 25 heteroatoms. The number of aliphatic carboxylic acids is 2. The fourth-order valence-electron chi connectivity index (χ4n) is 8.41. The number of likely N-dealkylation sites (tertiary alicyclic amines) is 2. The van der Waals surface area contributed by atoms with E-state index >= 15 is 0 Å². The van der Waals surface area contributed by atoms with E-state index in [1.165, 1.54) is 9.80 Å². The highest BCUT2D eigenvalue weighted by atomic mass is 32.1. The zero-order valence-electron chi connectivity index (χ0n) is 38.6. The Morgan fingerprint density at radius 3 is 1.87 bits per heavy atom. The minimum Gasteiger partial charge on any atom is -0.481 e. The van der Waals surface area contributed by atoms with Gasteiger partial charge in [-0.15, -0.1) is 0 Å². The highest BCUT2D eigenvalue weighted by Crippen LogP contribution is 2.23. The van der Waals surface area contributed by atoms with Gasteiger partial charge in [-0.05, 0) is 49.3 Å². The Hall–Kier alpha value is -6.70. The number of carboxylic acids is 2. The molecule has 384 valence electrons. The first-order valence-corrected chi connectivity index (χ1v) is 24.2. The molecule has 5 rings (SSSR count). The van der Waals surface area contributed by atoms with Crippen LogP contribution in [0.15, 0.2) is 60.8 Å². The number of fused-ring (bicyclic) bond motifs is 1. The zero-order valence-corrected chi connectivity index (χ0v) is 40.4. The van der Waals surface area contributed by atoms with E-state index in [0.717, 1.165) is 0 Å². The van der Waals surface area contributed by atoms with E-state index in [2.05, 4.69) is 62.1 Å². The summed E-state index contributed by atoms with van der Waals surface area (Å²) >= 11 is 8.04. The van der Waals surface area contributed by atoms with Crippen LogP contribution in [0.25, 0.3) is 10.9 Å². The number of amides is 8. The van der Waals surface area contributed by atoms with Gasteiger partial charge in [-0.1, -0.05) is 48.5 Å². The molecule has 2 aliphatic heterocycles. The monoisotopic (exact) mass is 1020 g/mol. The third kappa shape index (κ3) is 15.2. The molecule has 8 amide bonds. The summed E-state index contributed by atoms with van der Waals surface area (Å²) in [6.07, 6.45) is 1.66. The summed E-state index contributed by atoms with van der Waals surface area (Å²) in [7, 11) is 0. The maximum absolute atomic E-state index is 14.3. The second-order valence-corrected chi connectivity index (χ2v) is 17.9. The number of thiol groups is 2. The second-order valence-electron chi connectivity index (χ2n) is 17.1. The number of aliphatic hydroxyl groups excluding tert-OH is 1. The Morgan fingerprint density at radius 2 is 1.25 bits per heavy atom. The molecular weight excluding hydrogens is 965 g/mol. The van der Waals surface area contributed by atoms with Crippen LogP contribution in [0.5, 0.6) is 0 Å². The first-order chi connectivity index (χ1) is 33.9. The summed E-state index contributed by atoms with van der Waals surface area (Å²) in [6, 6.07) is 5.16. The fraction of sp³-hybridized carbons (Fsp3) is 0.478. The van der Waals surface area contributed by atoms with Crippen LogP contribution >= 0.6 is 25.3 Å². The number of carbonyl (C=O) groups is 10. The first-order valence-electron chi connectivity index (χ1n) is 23.0. The Labute approximate surface area is 419 Å². The standard InChI is InChI=1S/C46H60N10O13S2/c47-28(23-70)44(66)55-16-6-12-35(55)42(64)49-21-37(58)50-30(14-15-38(59)60)45(67)56-17-7-13-36(56)43(65)52-32(19-26-20-48-29-11-5-4-10-27(26)29)40(62)53-33(22-57)41(63)51-31(18-25-8-2-1-3-9-25)39(61)54-34(24-71)46(68)69/h1-5,8-11,20,28,30-36,48,57,70-71H,6-7,12-19,21-24,47H2,(H,49,64)(H,50,58)(H,51,63)(H,52,65)(H,53,62)(H,54,61)(H,59,60)(H,68,69). The van der Waals surface area contributed by atoms with Gasteiger partial charge in [0.1, 0.15) is 42.3 Å². The van der Waals surface area contributed by atoms with Crippen molar-refractivity contribution >= 4 is 95.4 Å². The highest BCUT2D eigenvalue weighted by Gasteiger charge is 2.41. The van der Waals surface area contributed by atoms with Crippen molar-refractivity contribution in [1.82, 2.24) is 46.7 Å².